The Bertz CT molecular complexity index is 794. The van der Waals surface area contributed by atoms with Crippen LogP contribution in [0.1, 0.15) is 21.8 Å². The Hall–Kier alpha value is -2.89. The Morgan fingerprint density at radius 1 is 1.36 bits per heavy atom. The fourth-order valence-electron chi connectivity index (χ4n) is 2.18. The average molecular weight is 299 g/mol. The van der Waals surface area contributed by atoms with Crippen LogP contribution < -0.4 is 5.32 Å². The molecule has 0 fully saturated rings. The number of benzene rings is 1. The minimum Gasteiger partial charge on any atom is -0.467 e. The number of nitrogens with zero attached hydrogens (tertiary/aromatic N) is 2. The molecule has 112 valence electrons. The van der Waals surface area contributed by atoms with Crippen molar-refractivity contribution in [2.24, 2.45) is 0 Å². The van der Waals surface area contributed by atoms with Crippen molar-refractivity contribution in [2.75, 3.05) is 0 Å². The zero-order valence-corrected chi connectivity index (χ0v) is 11.9. The van der Waals surface area contributed by atoms with E-state index >= 15 is 0 Å². The molecule has 2 aromatic heterocycles. The number of furan rings is 1. The predicted octanol–water partition coefficient (Wildman–Crippen LogP) is 2.84. The van der Waals surface area contributed by atoms with Crippen LogP contribution in [0.4, 0.5) is 4.39 Å². The number of carbonyl (C=O) groups excluding carboxylic acids is 1. The quantitative estimate of drug-likeness (QED) is 0.806. The lowest BCUT2D eigenvalue weighted by Crippen LogP contribution is -2.23. The molecule has 2 heterocycles. The van der Waals surface area contributed by atoms with E-state index in [0.717, 1.165) is 0 Å². The van der Waals surface area contributed by atoms with Crippen molar-refractivity contribution >= 4 is 5.91 Å². The normalized spacial score (nSPS) is 10.6. The van der Waals surface area contributed by atoms with Gasteiger partial charge < -0.3 is 9.73 Å². The van der Waals surface area contributed by atoms with Crippen molar-refractivity contribution in [1.29, 1.82) is 0 Å². The van der Waals surface area contributed by atoms with Gasteiger partial charge in [0.2, 0.25) is 0 Å². The highest BCUT2D eigenvalue weighted by molar-refractivity contribution is 5.95. The van der Waals surface area contributed by atoms with Crippen LogP contribution in [0.15, 0.2) is 53.3 Å². The maximum Gasteiger partial charge on any atom is 0.255 e. The number of carbonyl (C=O) groups is 1. The Kier molecular flexibility index (Phi) is 3.74. The van der Waals surface area contributed by atoms with Crippen LogP contribution >= 0.6 is 0 Å². The first-order valence-electron chi connectivity index (χ1n) is 6.76. The fraction of sp³-hybridized carbons (Fsp3) is 0.125. The second-order valence-electron chi connectivity index (χ2n) is 4.80. The number of hydrogen-bond acceptors (Lipinski definition) is 3. The Morgan fingerprint density at radius 3 is 2.95 bits per heavy atom. The molecule has 1 amide bonds. The molecule has 0 saturated heterocycles. The van der Waals surface area contributed by atoms with Crippen LogP contribution in [0.2, 0.25) is 0 Å². The molecule has 0 spiro atoms. The first-order chi connectivity index (χ1) is 10.6. The lowest BCUT2D eigenvalue weighted by Gasteiger charge is -2.06. The molecule has 0 saturated carbocycles. The SMILES string of the molecule is Cc1c(C(=O)NCc2ccco2)cnn1-c1cccc(F)c1. The zero-order chi connectivity index (χ0) is 15.5. The molecule has 1 aromatic carbocycles. The van der Waals surface area contributed by atoms with E-state index in [-0.39, 0.29) is 11.7 Å². The minimum absolute atomic E-state index is 0.253. The number of aromatic nitrogens is 2. The largest absolute Gasteiger partial charge is 0.467 e. The van der Waals surface area contributed by atoms with Crippen LogP contribution in [-0.2, 0) is 6.54 Å². The van der Waals surface area contributed by atoms with Crippen molar-refractivity contribution in [3.8, 4) is 5.69 Å². The lowest BCUT2D eigenvalue weighted by molar-refractivity contribution is 0.0947. The molecule has 0 unspecified atom stereocenters. The van der Waals surface area contributed by atoms with Crippen LogP contribution in [0.3, 0.4) is 0 Å². The molecule has 0 bridgehead atoms. The third-order valence-electron chi connectivity index (χ3n) is 3.31. The van der Waals surface area contributed by atoms with Gasteiger partial charge in [-0.05, 0) is 37.3 Å². The molecule has 0 atom stereocenters. The maximum atomic E-state index is 13.3. The summed E-state index contributed by atoms with van der Waals surface area (Å²) in [6, 6.07) is 9.60. The number of hydrogen-bond donors (Lipinski definition) is 1. The molecule has 6 heteroatoms. The van der Waals surface area contributed by atoms with Gasteiger partial charge in [0.15, 0.2) is 0 Å². The van der Waals surface area contributed by atoms with Crippen LogP contribution in [0, 0.1) is 12.7 Å². The smallest absolute Gasteiger partial charge is 0.255 e. The Balaban J connectivity index is 1.79. The molecule has 22 heavy (non-hydrogen) atoms. The standard InChI is InChI=1S/C16H14FN3O2/c1-11-15(16(21)18-9-14-6-3-7-22-14)10-19-20(11)13-5-2-4-12(17)8-13/h2-8,10H,9H2,1H3,(H,18,21). The minimum atomic E-state index is -0.351. The zero-order valence-electron chi connectivity index (χ0n) is 11.9. The van der Waals surface area contributed by atoms with Gasteiger partial charge in [-0.25, -0.2) is 9.07 Å². The second kappa shape index (κ2) is 5.85. The summed E-state index contributed by atoms with van der Waals surface area (Å²) in [5, 5.41) is 6.92. The van der Waals surface area contributed by atoms with E-state index in [4.69, 9.17) is 4.42 Å². The summed E-state index contributed by atoms with van der Waals surface area (Å²) in [5.74, 6) is 0.0660. The first-order valence-corrected chi connectivity index (χ1v) is 6.76. The summed E-state index contributed by atoms with van der Waals surface area (Å²) in [6.45, 7) is 2.07. The van der Waals surface area contributed by atoms with Crippen molar-refractivity contribution in [2.45, 2.75) is 13.5 Å². The van der Waals surface area contributed by atoms with Crippen molar-refractivity contribution in [3.05, 3.63) is 71.7 Å². The summed E-state index contributed by atoms with van der Waals surface area (Å²) in [7, 11) is 0. The summed E-state index contributed by atoms with van der Waals surface area (Å²) >= 11 is 0. The van der Waals surface area contributed by atoms with Gasteiger partial charge in [-0.3, -0.25) is 4.79 Å². The summed E-state index contributed by atoms with van der Waals surface area (Å²) in [6.07, 6.45) is 3.02. The van der Waals surface area contributed by atoms with Crippen LogP contribution in [-0.4, -0.2) is 15.7 Å². The van der Waals surface area contributed by atoms with E-state index < -0.39 is 0 Å². The number of halogens is 1. The Morgan fingerprint density at radius 2 is 2.23 bits per heavy atom. The van der Waals surface area contributed by atoms with Crippen molar-refractivity contribution in [3.63, 3.8) is 0 Å². The number of rotatable bonds is 4. The van der Waals surface area contributed by atoms with Gasteiger partial charge in [0.25, 0.3) is 5.91 Å². The van der Waals surface area contributed by atoms with Gasteiger partial charge in [0.05, 0.1) is 35.9 Å². The van der Waals surface area contributed by atoms with Gasteiger partial charge in [-0.15, -0.1) is 0 Å². The molecular weight excluding hydrogens is 285 g/mol. The first kappa shape index (κ1) is 14.1. The summed E-state index contributed by atoms with van der Waals surface area (Å²) < 4.78 is 20.0. The van der Waals surface area contributed by atoms with Crippen molar-refractivity contribution < 1.29 is 13.6 Å². The maximum absolute atomic E-state index is 13.3. The monoisotopic (exact) mass is 299 g/mol. The highest BCUT2D eigenvalue weighted by Gasteiger charge is 2.15. The second-order valence-corrected chi connectivity index (χ2v) is 4.80. The van der Waals surface area contributed by atoms with Gasteiger partial charge in [-0.2, -0.15) is 5.10 Å². The highest BCUT2D eigenvalue weighted by atomic mass is 19.1. The van der Waals surface area contributed by atoms with Gasteiger partial charge in [-0.1, -0.05) is 6.07 Å². The van der Waals surface area contributed by atoms with Crippen LogP contribution in [0.25, 0.3) is 5.69 Å². The lowest BCUT2D eigenvalue weighted by atomic mass is 10.2. The molecular formula is C16H14FN3O2. The molecule has 3 aromatic rings. The van der Waals surface area contributed by atoms with Crippen molar-refractivity contribution in [1.82, 2.24) is 15.1 Å². The van der Waals surface area contributed by atoms with Gasteiger partial charge in [0, 0.05) is 0 Å². The van der Waals surface area contributed by atoms with E-state index in [9.17, 15) is 9.18 Å². The third kappa shape index (κ3) is 2.76. The van der Waals surface area contributed by atoms with E-state index in [0.29, 0.717) is 29.2 Å². The highest BCUT2D eigenvalue weighted by Crippen LogP contribution is 2.15. The number of amides is 1. The van der Waals surface area contributed by atoms with E-state index in [2.05, 4.69) is 10.4 Å². The molecule has 1 N–H and O–H groups in total. The molecule has 0 aliphatic rings. The third-order valence-corrected chi connectivity index (χ3v) is 3.31. The molecule has 3 rings (SSSR count). The molecule has 0 aliphatic heterocycles. The fourth-order valence-corrected chi connectivity index (χ4v) is 2.18. The molecule has 0 aliphatic carbocycles. The number of nitrogens with one attached hydrogen (secondary N) is 1. The molecule has 5 nitrogen and oxygen atoms in total. The van der Waals surface area contributed by atoms with Gasteiger partial charge >= 0.3 is 0 Å². The summed E-state index contributed by atoms with van der Waals surface area (Å²) in [5.41, 5.74) is 1.65. The topological polar surface area (TPSA) is 60.1 Å². The Labute approximate surface area is 126 Å². The van der Waals surface area contributed by atoms with Gasteiger partial charge in [0.1, 0.15) is 11.6 Å². The average Bonchev–Trinajstić information content (AvgIpc) is 3.14. The van der Waals surface area contributed by atoms with E-state index in [1.54, 1.807) is 37.5 Å². The van der Waals surface area contributed by atoms with Crippen LogP contribution in [0.5, 0.6) is 0 Å². The summed E-state index contributed by atoms with van der Waals surface area (Å²) in [4.78, 5) is 12.2. The molecule has 0 radical (unpaired) electrons. The van der Waals surface area contributed by atoms with E-state index in [1.807, 2.05) is 0 Å². The van der Waals surface area contributed by atoms with E-state index in [1.165, 1.54) is 23.0 Å². The predicted molar refractivity (Wildman–Crippen MR) is 78.1 cm³/mol.